The van der Waals surface area contributed by atoms with E-state index < -0.39 is 0 Å². The van der Waals surface area contributed by atoms with Crippen molar-refractivity contribution in [2.24, 2.45) is 0 Å². The lowest BCUT2D eigenvalue weighted by Gasteiger charge is -2.21. The van der Waals surface area contributed by atoms with Crippen LogP contribution in [0.1, 0.15) is 24.6 Å². The summed E-state index contributed by atoms with van der Waals surface area (Å²) < 4.78 is 11.0. The molecule has 1 aliphatic heterocycles. The van der Waals surface area contributed by atoms with Gasteiger partial charge in [0.25, 0.3) is 5.89 Å². The van der Waals surface area contributed by atoms with Crippen molar-refractivity contribution in [3.63, 3.8) is 0 Å². The molecular formula is C13H17N5O2. The normalized spacial score (nSPS) is 16.4. The van der Waals surface area contributed by atoms with E-state index in [4.69, 9.17) is 9.26 Å². The topological polar surface area (TPSA) is 86.0 Å². The van der Waals surface area contributed by atoms with Gasteiger partial charge in [0.1, 0.15) is 18.1 Å². The molecule has 1 saturated heterocycles. The molecular weight excluding hydrogens is 258 g/mol. The molecule has 0 bridgehead atoms. The summed E-state index contributed by atoms with van der Waals surface area (Å²) in [6, 6.07) is 1.76. The summed E-state index contributed by atoms with van der Waals surface area (Å²) in [5.41, 5.74) is 0.661. The minimum absolute atomic E-state index is 0.271. The van der Waals surface area contributed by atoms with Crippen LogP contribution in [0, 0.1) is 6.92 Å². The fourth-order valence-corrected chi connectivity index (χ4v) is 2.15. The van der Waals surface area contributed by atoms with Crippen molar-refractivity contribution in [3.8, 4) is 11.5 Å². The van der Waals surface area contributed by atoms with Crippen molar-refractivity contribution in [1.29, 1.82) is 0 Å². The van der Waals surface area contributed by atoms with Crippen molar-refractivity contribution in [1.82, 2.24) is 25.4 Å². The Morgan fingerprint density at radius 2 is 2.20 bits per heavy atom. The lowest BCUT2D eigenvalue weighted by molar-refractivity contribution is 0.00859. The van der Waals surface area contributed by atoms with Gasteiger partial charge in [-0.15, -0.1) is 0 Å². The van der Waals surface area contributed by atoms with Crippen LogP contribution in [0.3, 0.4) is 0 Å². The molecule has 1 N–H and O–H groups in total. The van der Waals surface area contributed by atoms with Gasteiger partial charge in [0.15, 0.2) is 0 Å². The van der Waals surface area contributed by atoms with E-state index in [9.17, 15) is 0 Å². The molecule has 0 radical (unpaired) electrons. The van der Waals surface area contributed by atoms with Gasteiger partial charge in [-0.05, 0) is 38.9 Å². The van der Waals surface area contributed by atoms with Crippen LogP contribution in [-0.4, -0.2) is 39.3 Å². The molecule has 1 aliphatic rings. The maximum absolute atomic E-state index is 5.77. The highest BCUT2D eigenvalue weighted by atomic mass is 16.5. The first kappa shape index (κ1) is 13.1. The molecule has 0 aromatic carbocycles. The Labute approximate surface area is 116 Å². The number of aromatic nitrogens is 4. The maximum atomic E-state index is 5.77. The van der Waals surface area contributed by atoms with Gasteiger partial charge >= 0.3 is 0 Å². The second kappa shape index (κ2) is 6.06. The lowest BCUT2D eigenvalue weighted by Crippen LogP contribution is -2.32. The first-order chi connectivity index (χ1) is 9.81. The molecule has 106 valence electrons. The van der Waals surface area contributed by atoms with E-state index in [-0.39, 0.29) is 6.10 Å². The van der Waals surface area contributed by atoms with Crippen LogP contribution in [0.15, 0.2) is 16.8 Å². The van der Waals surface area contributed by atoms with E-state index in [0.717, 1.165) is 25.9 Å². The molecule has 0 unspecified atom stereocenters. The Hall–Kier alpha value is -1.86. The quantitative estimate of drug-likeness (QED) is 0.894. The molecule has 1 fully saturated rings. The summed E-state index contributed by atoms with van der Waals surface area (Å²) in [7, 11) is 0. The van der Waals surface area contributed by atoms with E-state index in [1.165, 1.54) is 0 Å². The van der Waals surface area contributed by atoms with Gasteiger partial charge in [-0.1, -0.05) is 5.16 Å². The van der Waals surface area contributed by atoms with Crippen LogP contribution in [0.4, 0.5) is 0 Å². The van der Waals surface area contributed by atoms with Gasteiger partial charge in [0, 0.05) is 6.20 Å². The second-order valence-electron chi connectivity index (χ2n) is 4.76. The summed E-state index contributed by atoms with van der Waals surface area (Å²) in [5, 5.41) is 7.22. The van der Waals surface area contributed by atoms with Crippen LogP contribution < -0.4 is 5.32 Å². The average Bonchev–Trinajstić information content (AvgIpc) is 2.95. The number of rotatable bonds is 4. The molecule has 2 aromatic rings. The van der Waals surface area contributed by atoms with Crippen LogP contribution in [0.2, 0.25) is 0 Å². The predicted octanol–water partition coefficient (Wildman–Crippen LogP) is 1.10. The summed E-state index contributed by atoms with van der Waals surface area (Å²) in [6.07, 6.45) is 3.99. The fourth-order valence-electron chi connectivity index (χ4n) is 2.15. The highest BCUT2D eigenvalue weighted by Crippen LogP contribution is 2.14. The number of nitrogens with zero attached hydrogens (tertiary/aromatic N) is 4. The van der Waals surface area contributed by atoms with E-state index in [1.807, 2.05) is 6.92 Å². The number of hydrogen-bond acceptors (Lipinski definition) is 7. The minimum Gasteiger partial charge on any atom is -0.368 e. The summed E-state index contributed by atoms with van der Waals surface area (Å²) >= 11 is 0. The van der Waals surface area contributed by atoms with Gasteiger partial charge in [-0.3, -0.25) is 0 Å². The van der Waals surface area contributed by atoms with Crippen molar-refractivity contribution in [2.45, 2.75) is 32.5 Å². The minimum atomic E-state index is 0.271. The largest absolute Gasteiger partial charge is 0.368 e. The zero-order valence-corrected chi connectivity index (χ0v) is 11.4. The SMILES string of the molecule is Cc1nccc(-c2noc(COC3CCNCC3)n2)n1. The number of nitrogens with one attached hydrogen (secondary N) is 1. The smallest absolute Gasteiger partial charge is 0.253 e. The van der Waals surface area contributed by atoms with Crippen LogP contribution in [0.25, 0.3) is 11.5 Å². The number of aryl methyl sites for hydroxylation is 1. The van der Waals surface area contributed by atoms with Crippen LogP contribution in [0.5, 0.6) is 0 Å². The third kappa shape index (κ3) is 3.17. The molecule has 3 rings (SSSR count). The fraction of sp³-hybridized carbons (Fsp3) is 0.538. The Kier molecular flexibility index (Phi) is 3.98. The van der Waals surface area contributed by atoms with E-state index >= 15 is 0 Å². The third-order valence-electron chi connectivity index (χ3n) is 3.20. The van der Waals surface area contributed by atoms with Crippen molar-refractivity contribution < 1.29 is 9.26 Å². The van der Waals surface area contributed by atoms with Gasteiger partial charge in [0.2, 0.25) is 5.82 Å². The molecule has 7 nitrogen and oxygen atoms in total. The molecule has 0 spiro atoms. The Morgan fingerprint density at radius 3 is 3.00 bits per heavy atom. The Bertz CT molecular complexity index is 565. The highest BCUT2D eigenvalue weighted by Gasteiger charge is 2.16. The summed E-state index contributed by atoms with van der Waals surface area (Å²) in [5.74, 6) is 1.63. The van der Waals surface area contributed by atoms with E-state index in [2.05, 4.69) is 25.4 Å². The van der Waals surface area contributed by atoms with Gasteiger partial charge in [-0.25, -0.2) is 9.97 Å². The summed E-state index contributed by atoms with van der Waals surface area (Å²) in [6.45, 7) is 4.17. The molecule has 0 atom stereocenters. The molecule has 0 amide bonds. The van der Waals surface area contributed by atoms with Crippen molar-refractivity contribution >= 4 is 0 Å². The number of piperidine rings is 1. The Morgan fingerprint density at radius 1 is 1.35 bits per heavy atom. The molecule has 0 aliphatic carbocycles. The van der Waals surface area contributed by atoms with Crippen molar-refractivity contribution in [2.75, 3.05) is 13.1 Å². The third-order valence-corrected chi connectivity index (χ3v) is 3.20. The first-order valence-corrected chi connectivity index (χ1v) is 6.76. The van der Waals surface area contributed by atoms with Crippen LogP contribution >= 0.6 is 0 Å². The number of ether oxygens (including phenoxy) is 1. The predicted molar refractivity (Wildman–Crippen MR) is 70.7 cm³/mol. The first-order valence-electron chi connectivity index (χ1n) is 6.76. The average molecular weight is 275 g/mol. The molecule has 7 heteroatoms. The van der Waals surface area contributed by atoms with Gasteiger partial charge in [-0.2, -0.15) is 4.98 Å². The molecule has 20 heavy (non-hydrogen) atoms. The highest BCUT2D eigenvalue weighted by molar-refractivity contribution is 5.46. The molecule has 0 saturated carbocycles. The van der Waals surface area contributed by atoms with E-state index in [1.54, 1.807) is 12.3 Å². The standard InChI is InChI=1S/C13H17N5O2/c1-9-15-7-4-11(16-9)13-17-12(20-18-13)8-19-10-2-5-14-6-3-10/h4,7,10,14H,2-3,5-6,8H2,1H3. The lowest BCUT2D eigenvalue weighted by atomic mass is 10.1. The molecule has 2 aromatic heterocycles. The zero-order chi connectivity index (χ0) is 13.8. The van der Waals surface area contributed by atoms with Crippen molar-refractivity contribution in [3.05, 3.63) is 24.0 Å². The molecule has 3 heterocycles. The maximum Gasteiger partial charge on any atom is 0.253 e. The second-order valence-corrected chi connectivity index (χ2v) is 4.76. The Balaban J connectivity index is 1.61. The summed E-state index contributed by atoms with van der Waals surface area (Å²) in [4.78, 5) is 12.6. The monoisotopic (exact) mass is 275 g/mol. The van der Waals surface area contributed by atoms with E-state index in [0.29, 0.717) is 29.8 Å². The van der Waals surface area contributed by atoms with Gasteiger partial charge in [0.05, 0.1) is 6.10 Å². The zero-order valence-electron chi connectivity index (χ0n) is 11.4. The van der Waals surface area contributed by atoms with Crippen LogP contribution in [-0.2, 0) is 11.3 Å². The number of hydrogen-bond donors (Lipinski definition) is 1. The van der Waals surface area contributed by atoms with Gasteiger partial charge < -0.3 is 14.6 Å².